The molecule has 0 saturated heterocycles. The summed E-state index contributed by atoms with van der Waals surface area (Å²) in [5, 5.41) is 9.14. The van der Waals surface area contributed by atoms with Crippen molar-refractivity contribution in [3.8, 4) is 11.5 Å². The first kappa shape index (κ1) is 14.4. The Balaban J connectivity index is 2.86. The molecule has 0 aliphatic heterocycles. The summed E-state index contributed by atoms with van der Waals surface area (Å²) < 4.78 is 10.4. The third-order valence-corrected chi connectivity index (χ3v) is 2.92. The van der Waals surface area contributed by atoms with Gasteiger partial charge in [0, 0.05) is 0 Å². The molecule has 4 heteroatoms. The van der Waals surface area contributed by atoms with Gasteiger partial charge in [-0.2, -0.15) is 0 Å². The van der Waals surface area contributed by atoms with E-state index in [1.54, 1.807) is 20.3 Å². The molecule has 0 amide bonds. The topological polar surface area (TPSA) is 55.8 Å². The standard InChI is InChI=1S/C14H20O4/c1-4-5-11(14(15)16)8-10-6-7-12(17-2)13(9-10)18-3/h6-7,9,11H,4-5,8H2,1-3H3,(H,15,16). The lowest BCUT2D eigenvalue weighted by molar-refractivity contribution is -0.141. The number of hydrogen-bond acceptors (Lipinski definition) is 3. The number of ether oxygens (including phenoxy) is 2. The Morgan fingerprint density at radius 2 is 1.94 bits per heavy atom. The molecule has 100 valence electrons. The van der Waals surface area contributed by atoms with Crippen LogP contribution in [-0.2, 0) is 11.2 Å². The zero-order valence-electron chi connectivity index (χ0n) is 11.1. The maximum Gasteiger partial charge on any atom is 0.306 e. The number of aliphatic carboxylic acids is 1. The Hall–Kier alpha value is -1.71. The summed E-state index contributed by atoms with van der Waals surface area (Å²) in [5.74, 6) is 0.207. The zero-order valence-corrected chi connectivity index (χ0v) is 11.1. The van der Waals surface area contributed by atoms with E-state index >= 15 is 0 Å². The highest BCUT2D eigenvalue weighted by Gasteiger charge is 2.17. The van der Waals surface area contributed by atoms with Gasteiger partial charge in [0.05, 0.1) is 20.1 Å². The third kappa shape index (κ3) is 3.65. The fourth-order valence-corrected chi connectivity index (χ4v) is 1.95. The van der Waals surface area contributed by atoms with Gasteiger partial charge in [-0.05, 0) is 30.5 Å². The van der Waals surface area contributed by atoms with E-state index in [-0.39, 0.29) is 5.92 Å². The SMILES string of the molecule is CCCC(Cc1ccc(OC)c(OC)c1)C(=O)O. The van der Waals surface area contributed by atoms with Gasteiger partial charge in [-0.15, -0.1) is 0 Å². The van der Waals surface area contributed by atoms with Crippen LogP contribution in [0.1, 0.15) is 25.3 Å². The van der Waals surface area contributed by atoms with Crippen molar-refractivity contribution in [2.45, 2.75) is 26.2 Å². The summed E-state index contributed by atoms with van der Waals surface area (Å²) in [6.07, 6.45) is 2.07. The van der Waals surface area contributed by atoms with E-state index in [2.05, 4.69) is 0 Å². The van der Waals surface area contributed by atoms with E-state index in [0.29, 0.717) is 24.3 Å². The van der Waals surface area contributed by atoms with Crippen LogP contribution in [0.15, 0.2) is 18.2 Å². The predicted molar refractivity (Wildman–Crippen MR) is 69.3 cm³/mol. The number of carbonyl (C=O) groups is 1. The first-order valence-electron chi connectivity index (χ1n) is 6.06. The minimum absolute atomic E-state index is 0.340. The highest BCUT2D eigenvalue weighted by atomic mass is 16.5. The molecule has 0 aliphatic carbocycles. The molecule has 1 unspecified atom stereocenters. The summed E-state index contributed by atoms with van der Waals surface area (Å²) >= 11 is 0. The number of methoxy groups -OCH3 is 2. The summed E-state index contributed by atoms with van der Waals surface area (Å²) in [6, 6.07) is 5.52. The second-order valence-electron chi connectivity index (χ2n) is 4.22. The molecule has 0 fully saturated rings. The van der Waals surface area contributed by atoms with Crippen LogP contribution < -0.4 is 9.47 Å². The van der Waals surface area contributed by atoms with E-state index in [4.69, 9.17) is 14.6 Å². The summed E-state index contributed by atoms with van der Waals surface area (Å²) in [4.78, 5) is 11.1. The lowest BCUT2D eigenvalue weighted by Crippen LogP contribution is -2.16. The van der Waals surface area contributed by atoms with Crippen LogP contribution in [0.25, 0.3) is 0 Å². The van der Waals surface area contributed by atoms with E-state index in [9.17, 15) is 4.79 Å². The maximum atomic E-state index is 11.1. The van der Waals surface area contributed by atoms with Gasteiger partial charge in [0.15, 0.2) is 11.5 Å². The molecule has 0 heterocycles. The third-order valence-electron chi connectivity index (χ3n) is 2.92. The molecule has 1 atom stereocenters. The van der Waals surface area contributed by atoms with Crippen molar-refractivity contribution in [1.82, 2.24) is 0 Å². The largest absolute Gasteiger partial charge is 0.493 e. The average molecular weight is 252 g/mol. The molecular weight excluding hydrogens is 232 g/mol. The smallest absolute Gasteiger partial charge is 0.306 e. The van der Waals surface area contributed by atoms with Gasteiger partial charge in [0.25, 0.3) is 0 Å². The van der Waals surface area contributed by atoms with Gasteiger partial charge in [-0.3, -0.25) is 4.79 Å². The van der Waals surface area contributed by atoms with Crippen molar-refractivity contribution in [1.29, 1.82) is 0 Å². The normalized spacial score (nSPS) is 11.9. The first-order valence-corrected chi connectivity index (χ1v) is 6.06. The predicted octanol–water partition coefficient (Wildman–Crippen LogP) is 2.75. The fraction of sp³-hybridized carbons (Fsp3) is 0.500. The molecule has 1 rings (SSSR count). The summed E-state index contributed by atoms with van der Waals surface area (Å²) in [6.45, 7) is 1.99. The van der Waals surface area contributed by atoms with Gasteiger partial charge in [-0.25, -0.2) is 0 Å². The van der Waals surface area contributed by atoms with Crippen molar-refractivity contribution in [3.63, 3.8) is 0 Å². The molecule has 1 aromatic rings. The monoisotopic (exact) mass is 252 g/mol. The Labute approximate surface area is 108 Å². The van der Waals surface area contributed by atoms with Crippen LogP contribution in [0.2, 0.25) is 0 Å². The Morgan fingerprint density at radius 3 is 2.44 bits per heavy atom. The van der Waals surface area contributed by atoms with Crippen molar-refractivity contribution in [2.24, 2.45) is 5.92 Å². The van der Waals surface area contributed by atoms with Crippen molar-refractivity contribution < 1.29 is 19.4 Å². The van der Waals surface area contributed by atoms with E-state index < -0.39 is 5.97 Å². The molecule has 0 aromatic heterocycles. The number of hydrogen-bond donors (Lipinski definition) is 1. The summed E-state index contributed by atoms with van der Waals surface area (Å²) in [5.41, 5.74) is 0.952. The zero-order chi connectivity index (χ0) is 13.5. The van der Waals surface area contributed by atoms with E-state index in [0.717, 1.165) is 12.0 Å². The van der Waals surface area contributed by atoms with Gasteiger partial charge in [0.1, 0.15) is 0 Å². The minimum atomic E-state index is -0.744. The van der Waals surface area contributed by atoms with Crippen LogP contribution in [0, 0.1) is 5.92 Å². The highest BCUT2D eigenvalue weighted by molar-refractivity contribution is 5.70. The quantitative estimate of drug-likeness (QED) is 0.810. The van der Waals surface area contributed by atoms with Gasteiger partial charge < -0.3 is 14.6 Å². The number of carboxylic acid groups (broad SMARTS) is 1. The highest BCUT2D eigenvalue weighted by Crippen LogP contribution is 2.29. The molecule has 18 heavy (non-hydrogen) atoms. The number of rotatable bonds is 7. The minimum Gasteiger partial charge on any atom is -0.493 e. The molecule has 4 nitrogen and oxygen atoms in total. The van der Waals surface area contributed by atoms with Crippen molar-refractivity contribution >= 4 is 5.97 Å². The number of benzene rings is 1. The Bertz CT molecular complexity index is 401. The average Bonchev–Trinajstić information content (AvgIpc) is 2.37. The summed E-state index contributed by atoms with van der Waals surface area (Å²) in [7, 11) is 3.15. The van der Waals surface area contributed by atoms with E-state index in [1.807, 2.05) is 19.1 Å². The number of carboxylic acids is 1. The molecule has 1 N–H and O–H groups in total. The van der Waals surface area contributed by atoms with Gasteiger partial charge in [0.2, 0.25) is 0 Å². The van der Waals surface area contributed by atoms with Crippen molar-refractivity contribution in [3.05, 3.63) is 23.8 Å². The van der Waals surface area contributed by atoms with Crippen LogP contribution in [0.4, 0.5) is 0 Å². The second-order valence-corrected chi connectivity index (χ2v) is 4.22. The molecule has 0 aliphatic rings. The molecule has 0 radical (unpaired) electrons. The van der Waals surface area contributed by atoms with Gasteiger partial charge >= 0.3 is 5.97 Å². The van der Waals surface area contributed by atoms with Crippen LogP contribution in [0.5, 0.6) is 11.5 Å². The van der Waals surface area contributed by atoms with Crippen LogP contribution >= 0.6 is 0 Å². The fourth-order valence-electron chi connectivity index (χ4n) is 1.95. The lowest BCUT2D eigenvalue weighted by atomic mass is 9.95. The molecule has 0 saturated carbocycles. The van der Waals surface area contributed by atoms with E-state index in [1.165, 1.54) is 0 Å². The molecule has 0 bridgehead atoms. The molecular formula is C14H20O4. The second kappa shape index (κ2) is 6.89. The Morgan fingerprint density at radius 1 is 1.28 bits per heavy atom. The maximum absolute atomic E-state index is 11.1. The first-order chi connectivity index (χ1) is 8.62. The molecule has 0 spiro atoms. The van der Waals surface area contributed by atoms with Crippen LogP contribution in [0.3, 0.4) is 0 Å². The van der Waals surface area contributed by atoms with Gasteiger partial charge in [-0.1, -0.05) is 19.4 Å². The van der Waals surface area contributed by atoms with Crippen LogP contribution in [-0.4, -0.2) is 25.3 Å². The van der Waals surface area contributed by atoms with Crippen molar-refractivity contribution in [2.75, 3.05) is 14.2 Å². The molecule has 1 aromatic carbocycles. The lowest BCUT2D eigenvalue weighted by Gasteiger charge is -2.13. The Kier molecular flexibility index (Phi) is 5.49.